The molecule has 0 aliphatic carbocycles. The van der Waals surface area contributed by atoms with Gasteiger partial charge >= 0.3 is 0 Å². The minimum absolute atomic E-state index is 0.338. The predicted molar refractivity (Wildman–Crippen MR) is 75.8 cm³/mol. The van der Waals surface area contributed by atoms with E-state index in [4.69, 9.17) is 4.74 Å². The molecule has 2 rings (SSSR count). The van der Waals surface area contributed by atoms with Gasteiger partial charge in [0.15, 0.2) is 0 Å². The van der Waals surface area contributed by atoms with Crippen LogP contribution in [0.15, 0.2) is 46.9 Å². The standard InChI is InChI=1S/C15H14BrFO2/c1-2-19-12-5-3-4-10(8-12)15(18)11-6-7-14(17)13(16)9-11/h3-9,15,18H,2H2,1H3. The van der Waals surface area contributed by atoms with Gasteiger partial charge in [0.1, 0.15) is 17.7 Å². The molecule has 2 aromatic carbocycles. The maximum Gasteiger partial charge on any atom is 0.137 e. The Labute approximate surface area is 120 Å². The van der Waals surface area contributed by atoms with Crippen molar-refractivity contribution in [2.75, 3.05) is 6.61 Å². The molecule has 0 bridgehead atoms. The fourth-order valence-electron chi connectivity index (χ4n) is 1.82. The van der Waals surface area contributed by atoms with Gasteiger partial charge in [-0.15, -0.1) is 0 Å². The van der Waals surface area contributed by atoms with Crippen LogP contribution < -0.4 is 4.74 Å². The van der Waals surface area contributed by atoms with Crippen molar-refractivity contribution in [2.45, 2.75) is 13.0 Å². The third kappa shape index (κ3) is 3.33. The first-order chi connectivity index (χ1) is 9.11. The molecule has 0 radical (unpaired) electrons. The summed E-state index contributed by atoms with van der Waals surface area (Å²) in [5, 5.41) is 10.3. The van der Waals surface area contributed by atoms with Crippen molar-refractivity contribution in [1.29, 1.82) is 0 Å². The Balaban J connectivity index is 2.29. The second-order valence-corrected chi connectivity index (χ2v) is 4.94. The van der Waals surface area contributed by atoms with Crippen LogP contribution in [0.5, 0.6) is 5.75 Å². The highest BCUT2D eigenvalue weighted by Gasteiger charge is 2.12. The number of benzene rings is 2. The zero-order valence-electron chi connectivity index (χ0n) is 10.4. The van der Waals surface area contributed by atoms with Gasteiger partial charge in [-0.3, -0.25) is 0 Å². The first-order valence-corrected chi connectivity index (χ1v) is 6.77. The van der Waals surface area contributed by atoms with Crippen LogP contribution in [0.3, 0.4) is 0 Å². The van der Waals surface area contributed by atoms with Gasteiger partial charge < -0.3 is 9.84 Å². The second-order valence-electron chi connectivity index (χ2n) is 4.08. The molecule has 2 nitrogen and oxygen atoms in total. The van der Waals surface area contributed by atoms with E-state index in [2.05, 4.69) is 15.9 Å². The number of aliphatic hydroxyl groups excluding tert-OH is 1. The fraction of sp³-hybridized carbons (Fsp3) is 0.200. The lowest BCUT2D eigenvalue weighted by Crippen LogP contribution is -2.01. The van der Waals surface area contributed by atoms with Gasteiger partial charge in [0.25, 0.3) is 0 Å². The predicted octanol–water partition coefficient (Wildman–Crippen LogP) is 4.07. The normalized spacial score (nSPS) is 12.2. The quantitative estimate of drug-likeness (QED) is 0.918. The second kappa shape index (κ2) is 6.17. The summed E-state index contributed by atoms with van der Waals surface area (Å²) in [6.07, 6.45) is -0.808. The average molecular weight is 325 g/mol. The Morgan fingerprint density at radius 1 is 1.21 bits per heavy atom. The number of ether oxygens (including phenoxy) is 1. The summed E-state index contributed by atoms with van der Waals surface area (Å²) in [5.41, 5.74) is 1.34. The highest BCUT2D eigenvalue weighted by molar-refractivity contribution is 9.10. The summed E-state index contributed by atoms with van der Waals surface area (Å²) < 4.78 is 18.9. The maximum atomic E-state index is 13.2. The van der Waals surface area contributed by atoms with Crippen molar-refractivity contribution < 1.29 is 14.2 Å². The molecule has 1 unspecified atom stereocenters. The Bertz CT molecular complexity index is 572. The molecule has 0 aromatic heterocycles. The lowest BCUT2D eigenvalue weighted by molar-refractivity contribution is 0.219. The summed E-state index contributed by atoms with van der Waals surface area (Å²) in [6, 6.07) is 11.7. The average Bonchev–Trinajstić information content (AvgIpc) is 2.42. The lowest BCUT2D eigenvalue weighted by Gasteiger charge is -2.13. The van der Waals surface area contributed by atoms with E-state index in [0.717, 1.165) is 0 Å². The Morgan fingerprint density at radius 3 is 2.63 bits per heavy atom. The van der Waals surface area contributed by atoms with Crippen LogP contribution in [0.2, 0.25) is 0 Å². The minimum Gasteiger partial charge on any atom is -0.494 e. The molecule has 2 aromatic rings. The van der Waals surface area contributed by atoms with Crippen LogP contribution in [0.1, 0.15) is 24.2 Å². The van der Waals surface area contributed by atoms with Gasteiger partial charge in [-0.2, -0.15) is 0 Å². The third-order valence-electron chi connectivity index (χ3n) is 2.74. The van der Waals surface area contributed by atoms with Crippen LogP contribution in [-0.4, -0.2) is 11.7 Å². The zero-order chi connectivity index (χ0) is 13.8. The molecule has 0 aliphatic heterocycles. The van der Waals surface area contributed by atoms with Crippen molar-refractivity contribution in [3.05, 3.63) is 63.9 Å². The first kappa shape index (κ1) is 14.0. The fourth-order valence-corrected chi connectivity index (χ4v) is 2.21. The van der Waals surface area contributed by atoms with Crippen molar-refractivity contribution in [3.8, 4) is 5.75 Å². The molecule has 1 atom stereocenters. The number of hydrogen-bond donors (Lipinski definition) is 1. The van der Waals surface area contributed by atoms with Crippen LogP contribution in [-0.2, 0) is 0 Å². The maximum absolute atomic E-state index is 13.2. The van der Waals surface area contributed by atoms with Crippen LogP contribution >= 0.6 is 15.9 Å². The van der Waals surface area contributed by atoms with E-state index in [9.17, 15) is 9.50 Å². The van der Waals surface area contributed by atoms with Gasteiger partial charge in [0.05, 0.1) is 11.1 Å². The smallest absolute Gasteiger partial charge is 0.137 e. The van der Waals surface area contributed by atoms with E-state index in [0.29, 0.717) is 28.0 Å². The van der Waals surface area contributed by atoms with Crippen LogP contribution in [0.4, 0.5) is 4.39 Å². The molecule has 0 spiro atoms. The van der Waals surface area contributed by atoms with Gasteiger partial charge in [-0.1, -0.05) is 18.2 Å². The van der Waals surface area contributed by atoms with Crippen molar-refractivity contribution in [3.63, 3.8) is 0 Å². The van der Waals surface area contributed by atoms with Gasteiger partial charge in [0, 0.05) is 0 Å². The molecule has 0 saturated heterocycles. The molecule has 100 valence electrons. The molecular weight excluding hydrogens is 311 g/mol. The van der Waals surface area contributed by atoms with E-state index in [1.165, 1.54) is 6.07 Å². The number of rotatable bonds is 4. The third-order valence-corrected chi connectivity index (χ3v) is 3.35. The number of halogens is 2. The summed E-state index contributed by atoms with van der Waals surface area (Å²) in [4.78, 5) is 0. The molecule has 1 N–H and O–H groups in total. The molecular formula is C15H14BrFO2. The van der Waals surface area contributed by atoms with E-state index >= 15 is 0 Å². The van der Waals surface area contributed by atoms with E-state index < -0.39 is 6.10 Å². The molecule has 4 heteroatoms. The van der Waals surface area contributed by atoms with Crippen LogP contribution in [0, 0.1) is 5.82 Å². The number of aliphatic hydroxyl groups is 1. The highest BCUT2D eigenvalue weighted by Crippen LogP contribution is 2.28. The topological polar surface area (TPSA) is 29.5 Å². The zero-order valence-corrected chi connectivity index (χ0v) is 12.0. The molecule has 0 heterocycles. The van der Waals surface area contributed by atoms with Gasteiger partial charge in [-0.25, -0.2) is 4.39 Å². The van der Waals surface area contributed by atoms with Gasteiger partial charge in [0.2, 0.25) is 0 Å². The first-order valence-electron chi connectivity index (χ1n) is 5.97. The Kier molecular flexibility index (Phi) is 4.56. The van der Waals surface area contributed by atoms with Crippen molar-refractivity contribution in [2.24, 2.45) is 0 Å². The van der Waals surface area contributed by atoms with E-state index in [-0.39, 0.29) is 5.82 Å². The summed E-state index contributed by atoms with van der Waals surface area (Å²) in [6.45, 7) is 2.47. The number of hydrogen-bond acceptors (Lipinski definition) is 2. The minimum atomic E-state index is -0.808. The summed E-state index contributed by atoms with van der Waals surface area (Å²) >= 11 is 3.12. The molecule has 0 aliphatic rings. The van der Waals surface area contributed by atoms with E-state index in [1.54, 1.807) is 18.2 Å². The van der Waals surface area contributed by atoms with Gasteiger partial charge in [-0.05, 0) is 58.2 Å². The van der Waals surface area contributed by atoms with Crippen molar-refractivity contribution in [1.82, 2.24) is 0 Å². The Morgan fingerprint density at radius 2 is 1.95 bits per heavy atom. The molecule has 0 amide bonds. The molecule has 19 heavy (non-hydrogen) atoms. The largest absolute Gasteiger partial charge is 0.494 e. The summed E-state index contributed by atoms with van der Waals surface area (Å²) in [7, 11) is 0. The highest BCUT2D eigenvalue weighted by atomic mass is 79.9. The lowest BCUT2D eigenvalue weighted by atomic mass is 10.0. The van der Waals surface area contributed by atoms with E-state index in [1.807, 2.05) is 25.1 Å². The Hall–Kier alpha value is -1.39. The monoisotopic (exact) mass is 324 g/mol. The van der Waals surface area contributed by atoms with Crippen LogP contribution in [0.25, 0.3) is 0 Å². The molecule has 0 fully saturated rings. The summed E-state index contributed by atoms with van der Waals surface area (Å²) in [5.74, 6) is 0.360. The van der Waals surface area contributed by atoms with Crippen molar-refractivity contribution >= 4 is 15.9 Å². The SMILES string of the molecule is CCOc1cccc(C(O)c2ccc(F)c(Br)c2)c1. The molecule has 0 saturated carbocycles.